The Morgan fingerprint density at radius 3 is 2.53 bits per heavy atom. The van der Waals surface area contributed by atoms with Gasteiger partial charge in [0.1, 0.15) is 23.0 Å². The monoisotopic (exact) mass is 263 g/mol. The Balaban J connectivity index is 2.23. The average Bonchev–Trinajstić information content (AvgIpc) is 2.72. The van der Waals surface area contributed by atoms with E-state index in [1.54, 1.807) is 0 Å². The van der Waals surface area contributed by atoms with Gasteiger partial charge in [-0.2, -0.15) is 0 Å². The molecule has 0 bridgehead atoms. The number of aromatic nitrogens is 2. The molecule has 19 heavy (non-hydrogen) atoms. The molecule has 96 valence electrons. The van der Waals surface area contributed by atoms with Gasteiger partial charge >= 0.3 is 0 Å². The summed E-state index contributed by atoms with van der Waals surface area (Å²) in [4.78, 5) is 6.62. The van der Waals surface area contributed by atoms with Gasteiger partial charge in [0.15, 0.2) is 5.82 Å². The van der Waals surface area contributed by atoms with E-state index in [4.69, 9.17) is 5.73 Å². The first-order chi connectivity index (χ1) is 9.04. The van der Waals surface area contributed by atoms with E-state index >= 15 is 0 Å². The smallest absolute Gasteiger partial charge is 0.153 e. The molecule has 3 rings (SSSR count). The van der Waals surface area contributed by atoms with Crippen LogP contribution in [-0.4, -0.2) is 9.97 Å². The fraction of sp³-hybridized carbons (Fsp3) is 0. The second-order valence-corrected chi connectivity index (χ2v) is 4.11. The van der Waals surface area contributed by atoms with Crippen LogP contribution in [0, 0.1) is 17.5 Å². The molecular formula is C13H8F3N3. The highest BCUT2D eigenvalue weighted by Gasteiger charge is 2.13. The van der Waals surface area contributed by atoms with Gasteiger partial charge in [-0.1, -0.05) is 0 Å². The van der Waals surface area contributed by atoms with E-state index < -0.39 is 17.5 Å². The van der Waals surface area contributed by atoms with Crippen LogP contribution in [0.15, 0.2) is 30.3 Å². The van der Waals surface area contributed by atoms with Gasteiger partial charge in [-0.05, 0) is 24.3 Å². The molecule has 1 aromatic heterocycles. The van der Waals surface area contributed by atoms with E-state index in [2.05, 4.69) is 9.97 Å². The Bertz CT molecular complexity index is 780. The zero-order valence-corrected chi connectivity index (χ0v) is 9.55. The SMILES string of the molecule is Nc1ccc(-c2nc3c(F)cc(F)cc3[nH]2)c(F)c1. The number of rotatable bonds is 1. The minimum absolute atomic E-state index is 0.0346. The lowest BCUT2D eigenvalue weighted by Crippen LogP contribution is -1.90. The molecule has 6 heteroatoms. The molecule has 3 aromatic rings. The number of anilines is 1. The number of benzene rings is 2. The lowest BCUT2D eigenvalue weighted by Gasteiger charge is -1.99. The van der Waals surface area contributed by atoms with E-state index in [-0.39, 0.29) is 28.1 Å². The predicted molar refractivity (Wildman–Crippen MR) is 65.8 cm³/mol. The molecule has 2 aromatic carbocycles. The molecule has 0 unspecified atom stereocenters. The fourth-order valence-electron chi connectivity index (χ4n) is 1.89. The fourth-order valence-corrected chi connectivity index (χ4v) is 1.89. The lowest BCUT2D eigenvalue weighted by molar-refractivity contribution is 0.590. The number of H-pyrrole nitrogens is 1. The zero-order valence-electron chi connectivity index (χ0n) is 9.55. The van der Waals surface area contributed by atoms with Gasteiger partial charge in [0.05, 0.1) is 11.1 Å². The lowest BCUT2D eigenvalue weighted by atomic mass is 10.2. The molecule has 0 saturated carbocycles. The van der Waals surface area contributed by atoms with Crippen LogP contribution in [0.3, 0.4) is 0 Å². The summed E-state index contributed by atoms with van der Waals surface area (Å²) in [6.45, 7) is 0. The highest BCUT2D eigenvalue weighted by atomic mass is 19.1. The van der Waals surface area contributed by atoms with E-state index in [1.165, 1.54) is 12.1 Å². The number of nitrogen functional groups attached to an aromatic ring is 1. The summed E-state index contributed by atoms with van der Waals surface area (Å²) >= 11 is 0. The van der Waals surface area contributed by atoms with Crippen molar-refractivity contribution in [2.24, 2.45) is 0 Å². The zero-order chi connectivity index (χ0) is 13.6. The molecule has 0 radical (unpaired) electrons. The first-order valence-electron chi connectivity index (χ1n) is 5.45. The summed E-state index contributed by atoms with van der Waals surface area (Å²) in [6.07, 6.45) is 0. The molecule has 0 aliphatic rings. The molecule has 0 aliphatic heterocycles. The summed E-state index contributed by atoms with van der Waals surface area (Å²) in [5.41, 5.74) is 6.00. The molecule has 0 amide bonds. The summed E-state index contributed by atoms with van der Waals surface area (Å²) in [5, 5.41) is 0. The van der Waals surface area contributed by atoms with Crippen LogP contribution >= 0.6 is 0 Å². The predicted octanol–water partition coefficient (Wildman–Crippen LogP) is 3.23. The molecule has 0 saturated heterocycles. The van der Waals surface area contributed by atoms with Crippen molar-refractivity contribution in [3.05, 3.63) is 47.8 Å². The summed E-state index contributed by atoms with van der Waals surface area (Å²) in [7, 11) is 0. The van der Waals surface area contributed by atoms with Crippen LogP contribution in [0.5, 0.6) is 0 Å². The van der Waals surface area contributed by atoms with Crippen LogP contribution in [0.1, 0.15) is 0 Å². The summed E-state index contributed by atoms with van der Waals surface area (Å²) in [5.74, 6) is -1.98. The number of hydrogen-bond acceptors (Lipinski definition) is 2. The van der Waals surface area contributed by atoms with Crippen molar-refractivity contribution in [3.8, 4) is 11.4 Å². The van der Waals surface area contributed by atoms with E-state index in [0.29, 0.717) is 0 Å². The van der Waals surface area contributed by atoms with E-state index in [0.717, 1.165) is 18.2 Å². The third-order valence-corrected chi connectivity index (χ3v) is 2.75. The Hall–Kier alpha value is -2.50. The molecule has 0 spiro atoms. The van der Waals surface area contributed by atoms with Crippen molar-refractivity contribution in [3.63, 3.8) is 0 Å². The standard InChI is InChI=1S/C13H8F3N3/c14-6-3-10(16)12-11(4-6)18-13(19-12)8-2-1-7(17)5-9(8)15/h1-5H,17H2,(H,18,19). The second kappa shape index (κ2) is 4.01. The second-order valence-electron chi connectivity index (χ2n) is 4.11. The normalized spacial score (nSPS) is 11.1. The van der Waals surface area contributed by atoms with E-state index in [9.17, 15) is 13.2 Å². The average molecular weight is 263 g/mol. The van der Waals surface area contributed by atoms with Crippen molar-refractivity contribution in [1.29, 1.82) is 0 Å². The number of hydrogen-bond donors (Lipinski definition) is 2. The van der Waals surface area contributed by atoms with Crippen molar-refractivity contribution in [2.75, 3.05) is 5.73 Å². The van der Waals surface area contributed by atoms with Crippen LogP contribution in [0.25, 0.3) is 22.4 Å². The van der Waals surface area contributed by atoms with Crippen LogP contribution in [-0.2, 0) is 0 Å². The van der Waals surface area contributed by atoms with Crippen LogP contribution in [0.4, 0.5) is 18.9 Å². The Kier molecular flexibility index (Phi) is 2.45. The summed E-state index contributed by atoms with van der Waals surface area (Å²) in [6, 6.07) is 5.90. The molecule has 0 aliphatic carbocycles. The molecular weight excluding hydrogens is 255 g/mol. The molecule has 0 atom stereocenters. The molecule has 3 nitrogen and oxygen atoms in total. The first kappa shape index (κ1) is 11.6. The van der Waals surface area contributed by atoms with E-state index in [1.807, 2.05) is 0 Å². The highest BCUT2D eigenvalue weighted by molar-refractivity contribution is 5.80. The van der Waals surface area contributed by atoms with Gasteiger partial charge in [-0.25, -0.2) is 18.2 Å². The maximum absolute atomic E-state index is 13.7. The van der Waals surface area contributed by atoms with Gasteiger partial charge in [-0.15, -0.1) is 0 Å². The minimum Gasteiger partial charge on any atom is -0.399 e. The largest absolute Gasteiger partial charge is 0.399 e. The maximum atomic E-state index is 13.7. The van der Waals surface area contributed by atoms with Crippen LogP contribution < -0.4 is 5.73 Å². The topological polar surface area (TPSA) is 54.7 Å². The van der Waals surface area contributed by atoms with Crippen molar-refractivity contribution in [1.82, 2.24) is 9.97 Å². The maximum Gasteiger partial charge on any atom is 0.153 e. The number of fused-ring (bicyclic) bond motifs is 1. The van der Waals surface area contributed by atoms with Crippen molar-refractivity contribution < 1.29 is 13.2 Å². The van der Waals surface area contributed by atoms with Gasteiger partial charge in [-0.3, -0.25) is 0 Å². The Morgan fingerprint density at radius 1 is 1.00 bits per heavy atom. The van der Waals surface area contributed by atoms with Gasteiger partial charge in [0.2, 0.25) is 0 Å². The minimum atomic E-state index is -0.798. The Labute approximate surface area is 105 Å². The quantitative estimate of drug-likeness (QED) is 0.662. The highest BCUT2D eigenvalue weighted by Crippen LogP contribution is 2.26. The van der Waals surface area contributed by atoms with Gasteiger partial charge in [0.25, 0.3) is 0 Å². The number of nitrogens with zero attached hydrogens (tertiary/aromatic N) is 1. The first-order valence-corrected chi connectivity index (χ1v) is 5.45. The Morgan fingerprint density at radius 2 is 1.79 bits per heavy atom. The van der Waals surface area contributed by atoms with Gasteiger partial charge < -0.3 is 10.7 Å². The van der Waals surface area contributed by atoms with Crippen molar-refractivity contribution >= 4 is 16.7 Å². The number of nitrogens with two attached hydrogens (primary N) is 1. The summed E-state index contributed by atoms with van der Waals surface area (Å²) < 4.78 is 40.3. The number of aromatic amines is 1. The number of imidazole rings is 1. The van der Waals surface area contributed by atoms with Gasteiger partial charge in [0, 0.05) is 11.8 Å². The van der Waals surface area contributed by atoms with Crippen LogP contribution in [0.2, 0.25) is 0 Å². The number of nitrogens with one attached hydrogen (secondary N) is 1. The third-order valence-electron chi connectivity index (χ3n) is 2.75. The van der Waals surface area contributed by atoms with Crippen molar-refractivity contribution in [2.45, 2.75) is 0 Å². The molecule has 3 N–H and O–H groups in total. The molecule has 1 heterocycles. The molecule has 0 fully saturated rings. The number of halogens is 3. The third kappa shape index (κ3) is 1.91.